The lowest BCUT2D eigenvalue weighted by molar-refractivity contribution is -0.158. The van der Waals surface area contributed by atoms with Gasteiger partial charge in [-0.15, -0.1) is 0 Å². The minimum Gasteiger partial charge on any atom is -0.342 e. The molecule has 0 radical (unpaired) electrons. The third kappa shape index (κ3) is 3.33. The van der Waals surface area contributed by atoms with Gasteiger partial charge in [0.25, 0.3) is 0 Å². The lowest BCUT2D eigenvalue weighted by atomic mass is 9.87. The monoisotopic (exact) mass is 282 g/mol. The first-order chi connectivity index (χ1) is 9.26. The van der Waals surface area contributed by atoms with Crippen LogP contribution in [0.3, 0.4) is 0 Å². The van der Waals surface area contributed by atoms with Crippen LogP contribution in [-0.4, -0.2) is 34.3 Å². The Hall–Kier alpha value is -1.06. The van der Waals surface area contributed by atoms with Gasteiger partial charge in [-0.2, -0.15) is 0 Å². The van der Waals surface area contributed by atoms with E-state index < -0.39 is 0 Å². The molecule has 2 atom stereocenters. The van der Waals surface area contributed by atoms with Crippen molar-refractivity contribution in [2.24, 2.45) is 5.92 Å². The van der Waals surface area contributed by atoms with Gasteiger partial charge in [0.15, 0.2) is 0 Å². The van der Waals surface area contributed by atoms with E-state index in [9.17, 15) is 9.59 Å². The molecule has 2 amide bonds. The summed E-state index contributed by atoms with van der Waals surface area (Å²) in [4.78, 5) is 27.1. The number of nitrogens with zero attached hydrogens (tertiary/aromatic N) is 1. The van der Waals surface area contributed by atoms with Crippen LogP contribution in [0.25, 0.3) is 0 Å². The van der Waals surface area contributed by atoms with Gasteiger partial charge in [-0.05, 0) is 32.6 Å². The van der Waals surface area contributed by atoms with Gasteiger partial charge in [0, 0.05) is 5.54 Å². The molecular weight excluding hydrogens is 252 g/mol. The van der Waals surface area contributed by atoms with E-state index in [-0.39, 0.29) is 35.4 Å². The molecule has 1 rings (SSSR count). The van der Waals surface area contributed by atoms with E-state index in [0.29, 0.717) is 6.42 Å². The summed E-state index contributed by atoms with van der Waals surface area (Å²) >= 11 is 0. The van der Waals surface area contributed by atoms with Gasteiger partial charge in [0.2, 0.25) is 11.8 Å². The Morgan fingerprint density at radius 3 is 2.25 bits per heavy atom. The molecule has 0 aromatic rings. The molecule has 1 heterocycles. The Morgan fingerprint density at radius 2 is 1.80 bits per heavy atom. The van der Waals surface area contributed by atoms with Crippen molar-refractivity contribution in [2.75, 3.05) is 0 Å². The Morgan fingerprint density at radius 1 is 1.20 bits per heavy atom. The maximum Gasteiger partial charge on any atom is 0.246 e. The first kappa shape index (κ1) is 17.0. The highest BCUT2D eigenvalue weighted by Crippen LogP contribution is 2.30. The van der Waals surface area contributed by atoms with E-state index in [2.05, 4.69) is 26.1 Å². The van der Waals surface area contributed by atoms with Crippen molar-refractivity contribution in [3.8, 4) is 0 Å². The number of amides is 2. The molecule has 0 aliphatic carbocycles. The van der Waals surface area contributed by atoms with E-state index >= 15 is 0 Å². The van der Waals surface area contributed by atoms with Gasteiger partial charge >= 0.3 is 0 Å². The molecule has 1 fully saturated rings. The molecule has 0 saturated carbocycles. The molecule has 4 nitrogen and oxygen atoms in total. The lowest BCUT2D eigenvalue weighted by Gasteiger charge is -2.49. The number of carbonyl (C=O) groups is 2. The molecule has 116 valence electrons. The highest BCUT2D eigenvalue weighted by molar-refractivity contribution is 5.97. The third-order valence-corrected chi connectivity index (χ3v) is 4.12. The van der Waals surface area contributed by atoms with Crippen molar-refractivity contribution in [2.45, 2.75) is 84.8 Å². The van der Waals surface area contributed by atoms with Gasteiger partial charge in [-0.3, -0.25) is 9.59 Å². The average molecular weight is 282 g/mol. The molecule has 2 unspecified atom stereocenters. The van der Waals surface area contributed by atoms with Crippen LogP contribution in [0.5, 0.6) is 0 Å². The Kier molecular flexibility index (Phi) is 5.60. The third-order valence-electron chi connectivity index (χ3n) is 4.12. The minimum atomic E-state index is -0.350. The van der Waals surface area contributed by atoms with Crippen LogP contribution < -0.4 is 5.32 Å². The Balaban J connectivity index is 3.14. The van der Waals surface area contributed by atoms with Crippen molar-refractivity contribution >= 4 is 11.8 Å². The van der Waals surface area contributed by atoms with Gasteiger partial charge < -0.3 is 10.2 Å². The predicted molar refractivity (Wildman–Crippen MR) is 81.3 cm³/mol. The summed E-state index contributed by atoms with van der Waals surface area (Å²) in [5.41, 5.74) is -0.273. The number of hydrogen-bond donors (Lipinski definition) is 1. The second-order valence-electron chi connectivity index (χ2n) is 6.81. The second kappa shape index (κ2) is 6.59. The molecule has 1 saturated heterocycles. The van der Waals surface area contributed by atoms with Gasteiger partial charge in [0.05, 0.1) is 0 Å². The predicted octanol–water partition coefficient (Wildman–Crippen LogP) is 2.72. The largest absolute Gasteiger partial charge is 0.342 e. The Labute approximate surface area is 123 Å². The molecule has 4 heteroatoms. The number of rotatable bonds is 6. The first-order valence-corrected chi connectivity index (χ1v) is 7.89. The van der Waals surface area contributed by atoms with Crippen LogP contribution in [0.15, 0.2) is 0 Å². The summed E-state index contributed by atoms with van der Waals surface area (Å²) in [5, 5.41) is 2.91. The maximum absolute atomic E-state index is 12.8. The highest BCUT2D eigenvalue weighted by Gasteiger charge is 2.47. The Bertz CT molecular complexity index is 363. The maximum atomic E-state index is 12.8. The van der Waals surface area contributed by atoms with Crippen LogP contribution in [0, 0.1) is 5.92 Å². The molecule has 1 aliphatic heterocycles. The summed E-state index contributed by atoms with van der Waals surface area (Å²) in [5.74, 6) is 0.212. The van der Waals surface area contributed by atoms with Crippen molar-refractivity contribution < 1.29 is 9.59 Å². The fourth-order valence-electron chi connectivity index (χ4n) is 3.23. The molecule has 1 N–H and O–H groups in total. The van der Waals surface area contributed by atoms with E-state index in [0.717, 1.165) is 19.3 Å². The summed E-state index contributed by atoms with van der Waals surface area (Å²) in [6, 6.07) is -0.698. The van der Waals surface area contributed by atoms with E-state index in [1.54, 1.807) is 0 Å². The summed E-state index contributed by atoms with van der Waals surface area (Å²) in [7, 11) is 0. The summed E-state index contributed by atoms with van der Waals surface area (Å²) in [6.45, 7) is 12.3. The van der Waals surface area contributed by atoms with Gasteiger partial charge in [-0.25, -0.2) is 0 Å². The average Bonchev–Trinajstić information content (AvgIpc) is 2.32. The minimum absolute atomic E-state index is 0.00206. The number of carbonyl (C=O) groups excluding carboxylic acids is 2. The van der Waals surface area contributed by atoms with Gasteiger partial charge in [-0.1, -0.05) is 40.5 Å². The number of hydrogen-bond acceptors (Lipinski definition) is 2. The van der Waals surface area contributed by atoms with Crippen LogP contribution in [0.4, 0.5) is 0 Å². The molecule has 1 aliphatic rings. The molecular formula is C16H30N2O2. The smallest absolute Gasteiger partial charge is 0.246 e. The van der Waals surface area contributed by atoms with Crippen LogP contribution in [-0.2, 0) is 9.59 Å². The topological polar surface area (TPSA) is 49.4 Å². The zero-order valence-corrected chi connectivity index (χ0v) is 13.8. The quantitative estimate of drug-likeness (QED) is 0.814. The van der Waals surface area contributed by atoms with E-state index in [4.69, 9.17) is 0 Å². The highest BCUT2D eigenvalue weighted by atomic mass is 16.2. The first-order valence-electron chi connectivity index (χ1n) is 7.89. The zero-order chi connectivity index (χ0) is 15.5. The second-order valence-corrected chi connectivity index (χ2v) is 6.81. The van der Waals surface area contributed by atoms with Crippen LogP contribution in [0.1, 0.15) is 67.2 Å². The van der Waals surface area contributed by atoms with Gasteiger partial charge in [0.1, 0.15) is 12.1 Å². The van der Waals surface area contributed by atoms with E-state index in [1.807, 2.05) is 25.7 Å². The van der Waals surface area contributed by atoms with Crippen molar-refractivity contribution in [1.82, 2.24) is 10.2 Å². The molecule has 20 heavy (non-hydrogen) atoms. The SMILES string of the molecule is CCCC1NC(=O)C(C(C)C)N(C(C)(C)CCC)C1=O. The standard InChI is InChI=1S/C16H30N2O2/c1-7-9-12-15(20)18(16(5,6)10-8-2)13(11(3)4)14(19)17-12/h11-13H,7-10H2,1-6H3,(H,17,19). The molecule has 0 aromatic carbocycles. The molecule has 0 spiro atoms. The summed E-state index contributed by atoms with van der Waals surface area (Å²) in [6.07, 6.45) is 3.52. The summed E-state index contributed by atoms with van der Waals surface area (Å²) < 4.78 is 0. The van der Waals surface area contributed by atoms with E-state index in [1.165, 1.54) is 0 Å². The fourth-order valence-corrected chi connectivity index (χ4v) is 3.23. The van der Waals surface area contributed by atoms with Crippen LogP contribution in [0.2, 0.25) is 0 Å². The molecule has 0 aromatic heterocycles. The zero-order valence-electron chi connectivity index (χ0n) is 13.8. The van der Waals surface area contributed by atoms with Crippen molar-refractivity contribution in [1.29, 1.82) is 0 Å². The lowest BCUT2D eigenvalue weighted by Crippen LogP contribution is -2.69. The molecule has 0 bridgehead atoms. The normalized spacial score (nSPS) is 24.2. The van der Waals surface area contributed by atoms with Crippen molar-refractivity contribution in [3.05, 3.63) is 0 Å². The van der Waals surface area contributed by atoms with Crippen molar-refractivity contribution in [3.63, 3.8) is 0 Å². The number of nitrogens with one attached hydrogen (secondary N) is 1. The number of piperazine rings is 1. The van der Waals surface area contributed by atoms with Crippen LogP contribution >= 0.6 is 0 Å². The fraction of sp³-hybridized carbons (Fsp3) is 0.875.